The van der Waals surface area contributed by atoms with Gasteiger partial charge in [-0.05, 0) is 49.7 Å². The average molecular weight is 405 g/mol. The summed E-state index contributed by atoms with van der Waals surface area (Å²) in [5, 5.41) is 0. The zero-order chi connectivity index (χ0) is 22.0. The van der Waals surface area contributed by atoms with Crippen molar-refractivity contribution < 1.29 is 13.2 Å². The van der Waals surface area contributed by atoms with Crippen molar-refractivity contribution in [3.8, 4) is 5.75 Å². The maximum atomic E-state index is 12.4. The lowest BCUT2D eigenvalue weighted by atomic mass is 10.2. The molecule has 2 aromatic carbocycles. The predicted molar refractivity (Wildman–Crippen MR) is 122 cm³/mol. The van der Waals surface area contributed by atoms with Crippen LogP contribution in [0.25, 0.3) is 0 Å². The van der Waals surface area contributed by atoms with Crippen molar-refractivity contribution in [1.29, 1.82) is 0 Å². The fraction of sp³-hybridized carbons (Fsp3) is 0.333. The van der Waals surface area contributed by atoms with E-state index in [1.165, 1.54) is 0 Å². The van der Waals surface area contributed by atoms with Gasteiger partial charge in [0.2, 0.25) is 9.84 Å². The van der Waals surface area contributed by atoms with Crippen molar-refractivity contribution in [2.24, 2.45) is 0 Å². The van der Waals surface area contributed by atoms with Gasteiger partial charge in [-0.15, -0.1) is 6.58 Å². The van der Waals surface area contributed by atoms with Crippen LogP contribution in [-0.2, 0) is 9.84 Å². The predicted octanol–water partition coefficient (Wildman–Crippen LogP) is 7.03. The van der Waals surface area contributed by atoms with Crippen molar-refractivity contribution in [2.75, 3.05) is 6.61 Å². The summed E-state index contributed by atoms with van der Waals surface area (Å²) in [5.74, 6) is 0.618. The molecule has 0 aliphatic rings. The van der Waals surface area contributed by atoms with Gasteiger partial charge in [-0.1, -0.05) is 71.0 Å². The van der Waals surface area contributed by atoms with E-state index in [0.717, 1.165) is 12.0 Å². The number of allylic oxidation sites excluding steroid dienone is 1. The van der Waals surface area contributed by atoms with Crippen LogP contribution in [0.2, 0.25) is 0 Å². The average Bonchev–Trinajstić information content (AvgIpc) is 2.76. The quantitative estimate of drug-likeness (QED) is 0.485. The lowest BCUT2D eigenvalue weighted by molar-refractivity contribution is 0.363. The topological polar surface area (TPSA) is 43.4 Å². The standard InChI is InChI=1S/C16H16O3S.C4H8.2C2H6/c1-3-12-19-14-6-10-16(11-7-14)20(17,18)15-8-4-13(2)5-9-15;1-3-4-2;2*1-2/h3-11H,1,12H2,2H3;3H,1,4H2,2H3;2*1-2H3. The minimum atomic E-state index is -3.47. The number of ether oxygens (including phenoxy) is 1. The second-order valence-electron chi connectivity index (χ2n) is 5.08. The summed E-state index contributed by atoms with van der Waals surface area (Å²) in [5.41, 5.74) is 1.03. The van der Waals surface area contributed by atoms with E-state index < -0.39 is 9.84 Å². The maximum absolute atomic E-state index is 12.4. The van der Waals surface area contributed by atoms with Gasteiger partial charge in [0, 0.05) is 0 Å². The Hall–Kier alpha value is -2.33. The first-order valence-electron chi connectivity index (χ1n) is 9.72. The van der Waals surface area contributed by atoms with E-state index >= 15 is 0 Å². The molecule has 0 atom stereocenters. The molecule has 0 saturated carbocycles. The highest BCUT2D eigenvalue weighted by atomic mass is 32.2. The molecule has 0 fully saturated rings. The Morgan fingerprint density at radius 2 is 1.21 bits per heavy atom. The molecule has 0 unspecified atom stereocenters. The van der Waals surface area contributed by atoms with Crippen molar-refractivity contribution >= 4 is 9.84 Å². The summed E-state index contributed by atoms with van der Waals surface area (Å²) in [7, 11) is -3.47. The molecular formula is C24H36O3S. The van der Waals surface area contributed by atoms with Gasteiger partial charge >= 0.3 is 0 Å². The Morgan fingerprint density at radius 1 is 0.821 bits per heavy atom. The highest BCUT2D eigenvalue weighted by Gasteiger charge is 2.17. The lowest BCUT2D eigenvalue weighted by Crippen LogP contribution is -2.02. The molecule has 0 saturated heterocycles. The minimum absolute atomic E-state index is 0.257. The Morgan fingerprint density at radius 3 is 1.57 bits per heavy atom. The van der Waals surface area contributed by atoms with E-state index in [9.17, 15) is 8.42 Å². The molecule has 0 spiro atoms. The largest absolute Gasteiger partial charge is 0.490 e. The summed E-state index contributed by atoms with van der Waals surface area (Å²) < 4.78 is 30.2. The number of benzene rings is 2. The van der Waals surface area contributed by atoms with E-state index in [-0.39, 0.29) is 4.90 Å². The number of aryl methyl sites for hydroxylation is 1. The number of rotatable bonds is 6. The van der Waals surface area contributed by atoms with Crippen LogP contribution in [0.5, 0.6) is 5.75 Å². The number of hydrogen-bond acceptors (Lipinski definition) is 3. The van der Waals surface area contributed by atoms with Gasteiger partial charge < -0.3 is 4.74 Å². The van der Waals surface area contributed by atoms with Gasteiger partial charge in [0.25, 0.3) is 0 Å². The zero-order valence-electron chi connectivity index (χ0n) is 18.2. The van der Waals surface area contributed by atoms with Crippen molar-refractivity contribution in [2.45, 2.75) is 57.8 Å². The van der Waals surface area contributed by atoms with E-state index in [0.29, 0.717) is 17.3 Å². The van der Waals surface area contributed by atoms with E-state index in [4.69, 9.17) is 4.74 Å². The molecule has 0 heterocycles. The van der Waals surface area contributed by atoms with Crippen LogP contribution in [0.1, 0.15) is 46.6 Å². The number of sulfone groups is 1. The van der Waals surface area contributed by atoms with E-state index in [1.54, 1.807) is 54.6 Å². The Bertz CT molecular complexity index is 743. The first-order valence-corrected chi connectivity index (χ1v) is 11.2. The van der Waals surface area contributed by atoms with Crippen molar-refractivity contribution in [3.05, 3.63) is 79.4 Å². The van der Waals surface area contributed by atoms with Crippen molar-refractivity contribution in [1.82, 2.24) is 0 Å². The minimum Gasteiger partial charge on any atom is -0.490 e. The molecule has 2 rings (SSSR count). The molecule has 156 valence electrons. The third-order valence-corrected chi connectivity index (χ3v) is 4.91. The first-order chi connectivity index (χ1) is 13.5. The molecule has 4 heteroatoms. The Balaban J connectivity index is 0. The molecule has 2 aromatic rings. The molecule has 28 heavy (non-hydrogen) atoms. The molecule has 3 nitrogen and oxygen atoms in total. The van der Waals surface area contributed by atoms with Crippen molar-refractivity contribution in [3.63, 3.8) is 0 Å². The molecular weight excluding hydrogens is 368 g/mol. The summed E-state index contributed by atoms with van der Waals surface area (Å²) in [6.45, 7) is 19.4. The molecule has 0 amide bonds. The monoisotopic (exact) mass is 404 g/mol. The first kappa shape index (κ1) is 27.9. The second kappa shape index (κ2) is 16.8. The van der Waals surface area contributed by atoms with Crippen LogP contribution < -0.4 is 4.74 Å². The molecule has 0 aromatic heterocycles. The SMILES string of the molecule is C=CCC.C=CCOc1ccc(S(=O)(=O)c2ccc(C)cc2)cc1.CC.CC. The molecule has 0 N–H and O–H groups in total. The number of hydrogen-bond donors (Lipinski definition) is 0. The van der Waals surface area contributed by atoms with E-state index in [2.05, 4.69) is 20.1 Å². The Kier molecular flexibility index (Phi) is 16.7. The third kappa shape index (κ3) is 10.1. The highest BCUT2D eigenvalue weighted by Crippen LogP contribution is 2.23. The molecule has 0 bridgehead atoms. The summed E-state index contributed by atoms with van der Waals surface area (Å²) >= 11 is 0. The van der Waals surface area contributed by atoms with Crippen LogP contribution in [0.4, 0.5) is 0 Å². The van der Waals surface area contributed by atoms with Gasteiger partial charge in [-0.3, -0.25) is 0 Å². The molecule has 0 radical (unpaired) electrons. The van der Waals surface area contributed by atoms with Crippen LogP contribution in [0.15, 0.2) is 83.6 Å². The highest BCUT2D eigenvalue weighted by molar-refractivity contribution is 7.91. The fourth-order valence-corrected chi connectivity index (χ4v) is 2.98. The van der Waals surface area contributed by atoms with Crippen LogP contribution in [0, 0.1) is 6.92 Å². The normalized spacial score (nSPS) is 9.21. The zero-order valence-corrected chi connectivity index (χ0v) is 19.1. The van der Waals surface area contributed by atoms with Crippen LogP contribution in [-0.4, -0.2) is 15.0 Å². The van der Waals surface area contributed by atoms with Gasteiger partial charge in [-0.25, -0.2) is 8.42 Å². The molecule has 0 aliphatic carbocycles. The van der Waals surface area contributed by atoms with Crippen LogP contribution in [0.3, 0.4) is 0 Å². The second-order valence-corrected chi connectivity index (χ2v) is 7.03. The lowest BCUT2D eigenvalue weighted by Gasteiger charge is -2.07. The summed E-state index contributed by atoms with van der Waals surface area (Å²) in [6.07, 6.45) is 4.59. The maximum Gasteiger partial charge on any atom is 0.206 e. The van der Waals surface area contributed by atoms with Gasteiger partial charge in [0.1, 0.15) is 12.4 Å². The van der Waals surface area contributed by atoms with Gasteiger partial charge in [0.15, 0.2) is 0 Å². The van der Waals surface area contributed by atoms with Gasteiger partial charge in [-0.2, -0.15) is 0 Å². The fourth-order valence-electron chi connectivity index (χ4n) is 1.72. The smallest absolute Gasteiger partial charge is 0.206 e. The van der Waals surface area contributed by atoms with E-state index in [1.807, 2.05) is 40.7 Å². The van der Waals surface area contributed by atoms with Gasteiger partial charge in [0.05, 0.1) is 9.79 Å². The Labute approximate surface area is 172 Å². The van der Waals surface area contributed by atoms with Crippen LogP contribution >= 0.6 is 0 Å². The third-order valence-electron chi connectivity index (χ3n) is 3.12. The molecule has 0 aliphatic heterocycles. The summed E-state index contributed by atoms with van der Waals surface area (Å²) in [4.78, 5) is 0.551. The summed E-state index contributed by atoms with van der Waals surface area (Å²) in [6, 6.07) is 13.2.